The van der Waals surface area contributed by atoms with E-state index in [2.05, 4.69) is 4.98 Å². The Hall–Kier alpha value is -2.40. The molecule has 0 saturated carbocycles. The van der Waals surface area contributed by atoms with E-state index in [0.29, 0.717) is 29.6 Å². The fourth-order valence-corrected chi connectivity index (χ4v) is 2.70. The van der Waals surface area contributed by atoms with Crippen LogP contribution in [0.1, 0.15) is 29.0 Å². The molecule has 0 unspecified atom stereocenters. The molecule has 0 spiro atoms. The Labute approximate surface area is 123 Å². The fourth-order valence-electron chi connectivity index (χ4n) is 2.70. The van der Waals surface area contributed by atoms with E-state index in [0.717, 1.165) is 24.2 Å². The third kappa shape index (κ3) is 2.60. The van der Waals surface area contributed by atoms with Crippen LogP contribution in [0.4, 0.5) is 5.82 Å². The van der Waals surface area contributed by atoms with Gasteiger partial charge in [0.25, 0.3) is 0 Å². The van der Waals surface area contributed by atoms with Crippen molar-refractivity contribution < 1.29 is 9.84 Å². The molecule has 5 heteroatoms. The van der Waals surface area contributed by atoms with Crippen LogP contribution in [0.15, 0.2) is 30.5 Å². The summed E-state index contributed by atoms with van der Waals surface area (Å²) in [5, 5.41) is 9.88. The van der Waals surface area contributed by atoms with Crippen molar-refractivity contribution in [2.75, 3.05) is 18.9 Å². The largest absolute Gasteiger partial charge is 0.507 e. The van der Waals surface area contributed by atoms with Gasteiger partial charge >= 0.3 is 0 Å². The predicted octanol–water partition coefficient (Wildman–Crippen LogP) is 2.26. The van der Waals surface area contributed by atoms with Gasteiger partial charge in [-0.3, -0.25) is 0 Å². The summed E-state index contributed by atoms with van der Waals surface area (Å²) in [4.78, 5) is 3.05. The van der Waals surface area contributed by atoms with Crippen molar-refractivity contribution in [1.29, 1.82) is 0 Å². The molecule has 1 aliphatic rings. The van der Waals surface area contributed by atoms with Crippen LogP contribution in [0, 0.1) is 0 Å². The number of hydrogen-bond acceptors (Lipinski definition) is 4. The minimum atomic E-state index is 0.158. The Kier molecular flexibility index (Phi) is 3.58. The summed E-state index contributed by atoms with van der Waals surface area (Å²) in [6.07, 6.45) is 4.71. The summed E-state index contributed by atoms with van der Waals surface area (Å²) in [6.45, 7) is 1.47. The second kappa shape index (κ2) is 5.54. The number of anilines is 1. The van der Waals surface area contributed by atoms with Gasteiger partial charge in [0, 0.05) is 35.5 Å². The third-order valence-corrected chi connectivity index (χ3v) is 3.87. The normalized spacial score (nSPS) is 19.0. The monoisotopic (exact) mass is 285 g/mol. The van der Waals surface area contributed by atoms with Gasteiger partial charge in [-0.1, -0.05) is 12.1 Å². The molecule has 1 aliphatic heterocycles. The minimum Gasteiger partial charge on any atom is -0.507 e. The Morgan fingerprint density at radius 1 is 1.38 bits per heavy atom. The molecular formula is C16H19N3O2. The van der Waals surface area contributed by atoms with Gasteiger partial charge in [-0.25, -0.2) is 0 Å². The molecule has 0 amide bonds. The Morgan fingerprint density at radius 2 is 2.19 bits per heavy atom. The number of ether oxygens (including phenoxy) is 1. The molecule has 0 radical (unpaired) electrons. The van der Waals surface area contributed by atoms with Crippen LogP contribution in [0.5, 0.6) is 5.75 Å². The highest BCUT2D eigenvalue weighted by atomic mass is 16.5. The van der Waals surface area contributed by atoms with E-state index in [1.165, 1.54) is 0 Å². The number of nitrogen functional groups attached to an aromatic ring is 1. The van der Waals surface area contributed by atoms with Gasteiger partial charge in [-0.2, -0.15) is 0 Å². The topological polar surface area (TPSA) is 97.3 Å². The molecular weight excluding hydrogens is 266 g/mol. The summed E-state index contributed by atoms with van der Waals surface area (Å²) in [6, 6.07) is 6.99. The second-order valence-electron chi connectivity index (χ2n) is 5.25. The molecule has 6 N–H and O–H groups in total. The molecule has 1 aromatic heterocycles. The number of aromatic hydroxyl groups is 1. The number of hydrogen-bond donors (Lipinski definition) is 4. The van der Waals surface area contributed by atoms with Gasteiger partial charge in [0.1, 0.15) is 11.6 Å². The molecule has 5 nitrogen and oxygen atoms in total. The number of rotatable bonds is 3. The lowest BCUT2D eigenvalue weighted by Gasteiger charge is -2.09. The zero-order chi connectivity index (χ0) is 14.8. The number of nitrogens with one attached hydrogen (secondary N) is 1. The summed E-state index contributed by atoms with van der Waals surface area (Å²) in [7, 11) is 0. The molecule has 3 rings (SSSR count). The predicted molar refractivity (Wildman–Crippen MR) is 83.5 cm³/mol. The standard InChI is InChI=1S/C16H19N3O2/c17-14(11-3-1-2-4-15(11)20)7-12-13(8-19-16(12)18)10-5-6-21-9-10/h1-4,7-8,10,19-20H,5-6,9,17-18H2/b14-7-/t10-/m1/s1. The Morgan fingerprint density at radius 3 is 2.90 bits per heavy atom. The van der Waals surface area contributed by atoms with Crippen LogP contribution in [0.3, 0.4) is 0 Å². The fraction of sp³-hybridized carbons (Fsp3) is 0.250. The number of aromatic nitrogens is 1. The van der Waals surface area contributed by atoms with Crippen molar-refractivity contribution >= 4 is 17.6 Å². The van der Waals surface area contributed by atoms with E-state index >= 15 is 0 Å². The van der Waals surface area contributed by atoms with Crippen LogP contribution in [-0.2, 0) is 4.74 Å². The van der Waals surface area contributed by atoms with Crippen molar-refractivity contribution in [2.45, 2.75) is 12.3 Å². The quantitative estimate of drug-likeness (QED) is 0.695. The van der Waals surface area contributed by atoms with Crippen molar-refractivity contribution in [3.05, 3.63) is 47.2 Å². The lowest BCUT2D eigenvalue weighted by molar-refractivity contribution is 0.194. The Bertz CT molecular complexity index is 670. The molecule has 2 heterocycles. The average Bonchev–Trinajstić information content (AvgIpc) is 3.10. The zero-order valence-corrected chi connectivity index (χ0v) is 11.7. The first-order valence-electron chi connectivity index (χ1n) is 6.97. The van der Waals surface area contributed by atoms with E-state index in [4.69, 9.17) is 16.2 Å². The van der Waals surface area contributed by atoms with E-state index in [1.807, 2.05) is 18.3 Å². The number of benzene rings is 1. The number of phenolic OH excluding ortho intramolecular Hbond substituents is 1. The van der Waals surface area contributed by atoms with Gasteiger partial charge in [0.15, 0.2) is 0 Å². The number of para-hydroxylation sites is 1. The first kappa shape index (κ1) is 13.6. The highest BCUT2D eigenvalue weighted by molar-refractivity contribution is 5.85. The number of phenols is 1. The summed E-state index contributed by atoms with van der Waals surface area (Å²) in [5.74, 6) is 1.07. The summed E-state index contributed by atoms with van der Waals surface area (Å²) in [5.41, 5.74) is 15.2. The first-order chi connectivity index (χ1) is 10.2. The van der Waals surface area contributed by atoms with Gasteiger partial charge in [-0.05, 0) is 30.2 Å². The van der Waals surface area contributed by atoms with Crippen molar-refractivity contribution in [2.24, 2.45) is 5.73 Å². The lowest BCUT2D eigenvalue weighted by Crippen LogP contribution is -2.01. The van der Waals surface area contributed by atoms with E-state index in [9.17, 15) is 5.11 Å². The van der Waals surface area contributed by atoms with E-state index in [1.54, 1.807) is 18.2 Å². The molecule has 1 aromatic carbocycles. The van der Waals surface area contributed by atoms with Crippen LogP contribution >= 0.6 is 0 Å². The second-order valence-corrected chi connectivity index (χ2v) is 5.25. The smallest absolute Gasteiger partial charge is 0.124 e. The maximum Gasteiger partial charge on any atom is 0.124 e. The van der Waals surface area contributed by atoms with Gasteiger partial charge < -0.3 is 26.3 Å². The zero-order valence-electron chi connectivity index (χ0n) is 11.7. The van der Waals surface area contributed by atoms with Gasteiger partial charge in [0.05, 0.1) is 6.61 Å². The van der Waals surface area contributed by atoms with E-state index in [-0.39, 0.29) is 5.75 Å². The van der Waals surface area contributed by atoms with Crippen LogP contribution in [0.25, 0.3) is 11.8 Å². The number of nitrogens with two attached hydrogens (primary N) is 2. The Balaban J connectivity index is 1.99. The molecule has 110 valence electrons. The number of H-pyrrole nitrogens is 1. The van der Waals surface area contributed by atoms with Gasteiger partial charge in [-0.15, -0.1) is 0 Å². The van der Waals surface area contributed by atoms with Gasteiger partial charge in [0.2, 0.25) is 0 Å². The van der Waals surface area contributed by atoms with Crippen LogP contribution in [0.2, 0.25) is 0 Å². The molecule has 1 atom stereocenters. The molecule has 21 heavy (non-hydrogen) atoms. The minimum absolute atomic E-state index is 0.158. The highest BCUT2D eigenvalue weighted by Gasteiger charge is 2.22. The SMILES string of the molecule is N/C(=C\c1c([C@@H]2CCOC2)c[nH]c1N)c1ccccc1O. The van der Waals surface area contributed by atoms with Crippen molar-refractivity contribution in [3.8, 4) is 5.75 Å². The van der Waals surface area contributed by atoms with Crippen molar-refractivity contribution in [3.63, 3.8) is 0 Å². The number of aromatic amines is 1. The molecule has 0 aliphatic carbocycles. The summed E-state index contributed by atoms with van der Waals surface area (Å²) >= 11 is 0. The average molecular weight is 285 g/mol. The van der Waals surface area contributed by atoms with Crippen molar-refractivity contribution in [1.82, 2.24) is 4.98 Å². The maximum atomic E-state index is 9.88. The summed E-state index contributed by atoms with van der Waals surface area (Å²) < 4.78 is 5.44. The third-order valence-electron chi connectivity index (χ3n) is 3.87. The first-order valence-corrected chi connectivity index (χ1v) is 6.97. The molecule has 1 fully saturated rings. The van der Waals surface area contributed by atoms with Crippen LogP contribution in [-0.4, -0.2) is 23.3 Å². The lowest BCUT2D eigenvalue weighted by atomic mass is 9.96. The maximum absolute atomic E-state index is 9.88. The highest BCUT2D eigenvalue weighted by Crippen LogP contribution is 2.33. The van der Waals surface area contributed by atoms with E-state index < -0.39 is 0 Å². The molecule has 2 aromatic rings. The molecule has 1 saturated heterocycles. The molecule has 0 bridgehead atoms. The van der Waals surface area contributed by atoms with Crippen LogP contribution < -0.4 is 11.5 Å².